The van der Waals surface area contributed by atoms with Crippen molar-refractivity contribution in [2.24, 2.45) is 0 Å². The van der Waals surface area contributed by atoms with E-state index >= 15 is 0 Å². The van der Waals surface area contributed by atoms with Crippen LogP contribution in [0.25, 0.3) is 5.65 Å². The van der Waals surface area contributed by atoms with Gasteiger partial charge in [-0.1, -0.05) is 6.07 Å². The summed E-state index contributed by atoms with van der Waals surface area (Å²) in [6, 6.07) is 5.73. The van der Waals surface area contributed by atoms with Gasteiger partial charge in [0.05, 0.1) is 0 Å². The number of rotatable bonds is 6. The SMILES string of the molecule is CN(C)CCCN(C)c1nc2ccccn2c1C=O. The van der Waals surface area contributed by atoms with Crippen LogP contribution in [0.4, 0.5) is 5.82 Å². The Morgan fingerprint density at radius 3 is 2.74 bits per heavy atom. The summed E-state index contributed by atoms with van der Waals surface area (Å²) in [5, 5.41) is 0. The van der Waals surface area contributed by atoms with Gasteiger partial charge < -0.3 is 9.80 Å². The smallest absolute Gasteiger partial charge is 0.170 e. The number of hydrogen-bond donors (Lipinski definition) is 0. The van der Waals surface area contributed by atoms with E-state index in [9.17, 15) is 4.79 Å². The number of carbonyl (C=O) groups is 1. The summed E-state index contributed by atoms with van der Waals surface area (Å²) >= 11 is 0. The average Bonchev–Trinajstić information content (AvgIpc) is 2.76. The molecule has 102 valence electrons. The lowest BCUT2D eigenvalue weighted by molar-refractivity contribution is 0.111. The van der Waals surface area contributed by atoms with Crippen LogP contribution in [0.3, 0.4) is 0 Å². The molecule has 0 atom stereocenters. The fourth-order valence-electron chi connectivity index (χ4n) is 2.12. The number of aromatic nitrogens is 2. The third-order valence-corrected chi connectivity index (χ3v) is 3.12. The summed E-state index contributed by atoms with van der Waals surface area (Å²) in [5.74, 6) is 0.750. The van der Waals surface area contributed by atoms with E-state index < -0.39 is 0 Å². The lowest BCUT2D eigenvalue weighted by atomic mass is 10.3. The Hall–Kier alpha value is -1.88. The Morgan fingerprint density at radius 2 is 2.05 bits per heavy atom. The van der Waals surface area contributed by atoms with Crippen molar-refractivity contribution in [2.75, 3.05) is 39.1 Å². The summed E-state index contributed by atoms with van der Waals surface area (Å²) in [6.07, 6.45) is 3.77. The van der Waals surface area contributed by atoms with Gasteiger partial charge in [0.15, 0.2) is 12.1 Å². The van der Waals surface area contributed by atoms with Crippen LogP contribution >= 0.6 is 0 Å². The number of aldehydes is 1. The summed E-state index contributed by atoms with van der Waals surface area (Å²) in [7, 11) is 6.09. The van der Waals surface area contributed by atoms with Gasteiger partial charge in [-0.05, 0) is 39.2 Å². The van der Waals surface area contributed by atoms with Gasteiger partial charge in [-0.3, -0.25) is 9.20 Å². The van der Waals surface area contributed by atoms with Gasteiger partial charge in [0, 0.05) is 19.8 Å². The van der Waals surface area contributed by atoms with Crippen LogP contribution in [-0.4, -0.2) is 54.8 Å². The molecule has 0 saturated heterocycles. The number of hydrogen-bond acceptors (Lipinski definition) is 4. The minimum absolute atomic E-state index is 0.614. The summed E-state index contributed by atoms with van der Waals surface area (Å²) in [5.41, 5.74) is 1.42. The maximum absolute atomic E-state index is 11.3. The topological polar surface area (TPSA) is 40.9 Å². The van der Waals surface area contributed by atoms with E-state index in [0.29, 0.717) is 5.69 Å². The summed E-state index contributed by atoms with van der Waals surface area (Å²) in [6.45, 7) is 1.90. The minimum Gasteiger partial charge on any atom is -0.358 e. The van der Waals surface area contributed by atoms with Crippen molar-refractivity contribution >= 4 is 17.8 Å². The monoisotopic (exact) mass is 260 g/mol. The highest BCUT2D eigenvalue weighted by molar-refractivity contribution is 5.83. The highest BCUT2D eigenvalue weighted by Gasteiger charge is 2.14. The second kappa shape index (κ2) is 5.84. The molecule has 0 radical (unpaired) electrons. The van der Waals surface area contributed by atoms with Crippen LogP contribution in [0.2, 0.25) is 0 Å². The molecule has 0 aliphatic heterocycles. The second-order valence-electron chi connectivity index (χ2n) is 4.95. The zero-order valence-corrected chi connectivity index (χ0v) is 11.7. The van der Waals surface area contributed by atoms with Gasteiger partial charge in [-0.15, -0.1) is 0 Å². The molecule has 0 unspecified atom stereocenters. The van der Waals surface area contributed by atoms with Crippen LogP contribution in [-0.2, 0) is 0 Å². The van der Waals surface area contributed by atoms with Crippen LogP contribution in [0, 0.1) is 0 Å². The molecule has 0 aliphatic rings. The normalized spacial score (nSPS) is 11.2. The third kappa shape index (κ3) is 2.93. The molecule has 0 amide bonds. The van der Waals surface area contributed by atoms with E-state index in [2.05, 4.69) is 24.0 Å². The zero-order valence-electron chi connectivity index (χ0n) is 11.7. The van der Waals surface area contributed by atoms with Crippen LogP contribution < -0.4 is 4.90 Å². The third-order valence-electron chi connectivity index (χ3n) is 3.12. The van der Waals surface area contributed by atoms with E-state index in [-0.39, 0.29) is 0 Å². The molecule has 5 heteroatoms. The molecule has 2 aromatic heterocycles. The Bertz CT molecular complexity index is 562. The summed E-state index contributed by atoms with van der Waals surface area (Å²) < 4.78 is 1.82. The molecule has 0 saturated carbocycles. The first kappa shape index (κ1) is 13.5. The van der Waals surface area contributed by atoms with Gasteiger partial charge in [-0.2, -0.15) is 0 Å². The molecule has 19 heavy (non-hydrogen) atoms. The number of nitrogens with zero attached hydrogens (tertiary/aromatic N) is 4. The molecular formula is C14H20N4O. The number of carbonyl (C=O) groups excluding carboxylic acids is 1. The van der Waals surface area contributed by atoms with E-state index in [1.165, 1.54) is 0 Å². The first-order chi connectivity index (χ1) is 9.13. The van der Waals surface area contributed by atoms with E-state index in [0.717, 1.165) is 37.3 Å². The number of anilines is 1. The van der Waals surface area contributed by atoms with Crippen molar-refractivity contribution in [3.05, 3.63) is 30.1 Å². The van der Waals surface area contributed by atoms with E-state index in [4.69, 9.17) is 0 Å². The zero-order chi connectivity index (χ0) is 13.8. The van der Waals surface area contributed by atoms with Gasteiger partial charge in [0.2, 0.25) is 0 Å². The maximum Gasteiger partial charge on any atom is 0.170 e. The first-order valence-corrected chi connectivity index (χ1v) is 6.41. The largest absolute Gasteiger partial charge is 0.358 e. The molecule has 0 aliphatic carbocycles. The van der Waals surface area contributed by atoms with Crippen molar-refractivity contribution in [3.8, 4) is 0 Å². The lowest BCUT2D eigenvalue weighted by Gasteiger charge is -2.18. The molecule has 2 rings (SSSR count). The standard InChI is InChI=1S/C14H20N4O/c1-16(2)8-6-9-17(3)14-12(11-19)18-10-5-4-7-13(18)15-14/h4-5,7,10-11H,6,8-9H2,1-3H3. The predicted octanol–water partition coefficient (Wildman–Crippen LogP) is 1.53. The second-order valence-corrected chi connectivity index (χ2v) is 4.95. The number of fused-ring (bicyclic) bond motifs is 1. The number of pyridine rings is 1. The van der Waals surface area contributed by atoms with Crippen LogP contribution in [0.1, 0.15) is 16.9 Å². The van der Waals surface area contributed by atoms with E-state index in [1.54, 1.807) is 0 Å². The molecule has 0 fully saturated rings. The minimum atomic E-state index is 0.614. The first-order valence-electron chi connectivity index (χ1n) is 6.41. The Balaban J connectivity index is 2.21. The van der Waals surface area contributed by atoms with Crippen molar-refractivity contribution in [2.45, 2.75) is 6.42 Å². The molecule has 0 spiro atoms. The molecule has 2 aromatic rings. The predicted molar refractivity (Wildman–Crippen MR) is 77.0 cm³/mol. The Kier molecular flexibility index (Phi) is 4.16. The quantitative estimate of drug-likeness (QED) is 0.739. The van der Waals surface area contributed by atoms with Gasteiger partial charge >= 0.3 is 0 Å². The lowest BCUT2D eigenvalue weighted by Crippen LogP contribution is -2.24. The van der Waals surface area contributed by atoms with Gasteiger partial charge in [0.1, 0.15) is 11.3 Å². The van der Waals surface area contributed by atoms with E-state index in [1.807, 2.05) is 40.7 Å². The van der Waals surface area contributed by atoms with Crippen molar-refractivity contribution in [3.63, 3.8) is 0 Å². The average molecular weight is 260 g/mol. The molecule has 0 bridgehead atoms. The molecule has 0 N–H and O–H groups in total. The molecule has 2 heterocycles. The molecule has 0 aromatic carbocycles. The maximum atomic E-state index is 11.3. The van der Waals surface area contributed by atoms with Crippen LogP contribution in [0.5, 0.6) is 0 Å². The van der Waals surface area contributed by atoms with Gasteiger partial charge in [0.25, 0.3) is 0 Å². The van der Waals surface area contributed by atoms with Crippen molar-refractivity contribution in [1.29, 1.82) is 0 Å². The molecular weight excluding hydrogens is 240 g/mol. The van der Waals surface area contributed by atoms with Crippen molar-refractivity contribution in [1.82, 2.24) is 14.3 Å². The van der Waals surface area contributed by atoms with Crippen molar-refractivity contribution < 1.29 is 4.79 Å². The highest BCUT2D eigenvalue weighted by atomic mass is 16.1. The fourth-order valence-corrected chi connectivity index (χ4v) is 2.12. The fraction of sp³-hybridized carbons (Fsp3) is 0.429. The highest BCUT2D eigenvalue weighted by Crippen LogP contribution is 2.19. The Morgan fingerprint density at radius 1 is 1.26 bits per heavy atom. The molecule has 5 nitrogen and oxygen atoms in total. The van der Waals surface area contributed by atoms with Crippen LogP contribution in [0.15, 0.2) is 24.4 Å². The number of imidazole rings is 1. The summed E-state index contributed by atoms with van der Waals surface area (Å²) in [4.78, 5) is 20.0. The van der Waals surface area contributed by atoms with Gasteiger partial charge in [-0.25, -0.2) is 4.98 Å². The Labute approximate surface area is 113 Å².